The van der Waals surface area contributed by atoms with E-state index in [2.05, 4.69) is 26.0 Å². The molecule has 0 N–H and O–H groups in total. The zero-order valence-electron chi connectivity index (χ0n) is 23.3. The first kappa shape index (κ1) is 32.2. The van der Waals surface area contributed by atoms with E-state index in [0.29, 0.717) is 40.6 Å². The maximum absolute atomic E-state index is 14.7. The minimum Gasteiger partial charge on any atom is -0.464 e. The third kappa shape index (κ3) is 7.05. The Labute approximate surface area is 260 Å². The lowest BCUT2D eigenvalue weighted by Gasteiger charge is -2.23. The van der Waals surface area contributed by atoms with Crippen molar-refractivity contribution >= 4 is 58.0 Å². The van der Waals surface area contributed by atoms with E-state index in [0.717, 1.165) is 27.0 Å². The number of carbonyl (C=O) groups excluding carboxylic acids is 1. The predicted octanol–water partition coefficient (Wildman–Crippen LogP) is 9.29. The monoisotopic (exact) mass is 681 g/mol. The number of aromatic nitrogens is 4. The van der Waals surface area contributed by atoms with Crippen molar-refractivity contribution in [1.82, 2.24) is 19.6 Å². The summed E-state index contributed by atoms with van der Waals surface area (Å²) in [5.41, 5.74) is 4.11. The number of halogens is 4. The number of carbonyl (C=O) groups is 1. The number of benzene rings is 1. The number of ether oxygens (including phenoxy) is 1. The molecular weight excluding hydrogens is 651 g/mol. The SMILES string of the molecule is CCCC(CCC(C)C(F)C(=O)OCC)c1nc2c(-c3ccc(-c4ccccc4)nc3)cnn2c(N(SF)SF)c1Br. The Bertz CT molecular complexity index is 1480. The first-order valence-corrected chi connectivity index (χ1v) is 15.8. The number of rotatable bonds is 14. The van der Waals surface area contributed by atoms with E-state index in [9.17, 15) is 17.0 Å². The molecule has 3 unspecified atom stereocenters. The van der Waals surface area contributed by atoms with E-state index in [4.69, 9.17) is 9.72 Å². The molecule has 42 heavy (non-hydrogen) atoms. The second kappa shape index (κ2) is 15.1. The molecule has 0 saturated carbocycles. The Hall–Kier alpha value is -2.77. The van der Waals surface area contributed by atoms with Crippen LogP contribution in [0.4, 0.5) is 18.0 Å². The van der Waals surface area contributed by atoms with Crippen LogP contribution in [0, 0.1) is 5.92 Å². The third-order valence-corrected chi connectivity index (χ3v) is 8.74. The third-order valence-electron chi connectivity index (χ3n) is 7.04. The fourth-order valence-corrected chi connectivity index (χ4v) is 6.39. The molecular formula is C29H31BrF3N5O2S2. The Kier molecular flexibility index (Phi) is 11.6. The van der Waals surface area contributed by atoms with Crippen LogP contribution in [0.2, 0.25) is 0 Å². The predicted molar refractivity (Wildman–Crippen MR) is 167 cm³/mol. The molecule has 0 saturated heterocycles. The van der Waals surface area contributed by atoms with Crippen molar-refractivity contribution in [3.8, 4) is 22.4 Å². The van der Waals surface area contributed by atoms with Crippen LogP contribution in [0.1, 0.15) is 58.1 Å². The minimum atomic E-state index is -1.74. The molecule has 13 heteroatoms. The summed E-state index contributed by atoms with van der Waals surface area (Å²) in [6, 6.07) is 13.6. The van der Waals surface area contributed by atoms with Crippen LogP contribution in [0.25, 0.3) is 28.0 Å². The number of fused-ring (bicyclic) bond motifs is 1. The Balaban J connectivity index is 1.75. The summed E-state index contributed by atoms with van der Waals surface area (Å²) in [5.74, 6) is -1.52. The summed E-state index contributed by atoms with van der Waals surface area (Å²) in [4.78, 5) is 21.5. The molecule has 0 bridgehead atoms. The first-order valence-electron chi connectivity index (χ1n) is 13.6. The van der Waals surface area contributed by atoms with Crippen molar-refractivity contribution in [1.29, 1.82) is 0 Å². The zero-order valence-corrected chi connectivity index (χ0v) is 26.6. The van der Waals surface area contributed by atoms with Gasteiger partial charge in [0.25, 0.3) is 0 Å². The molecule has 0 aliphatic heterocycles. The van der Waals surface area contributed by atoms with Crippen molar-refractivity contribution in [2.24, 2.45) is 5.92 Å². The molecule has 0 aliphatic rings. The van der Waals surface area contributed by atoms with Crippen molar-refractivity contribution < 1.29 is 21.7 Å². The molecule has 4 aromatic rings. The minimum absolute atomic E-state index is 0.109. The molecule has 0 amide bonds. The summed E-state index contributed by atoms with van der Waals surface area (Å²) in [6.07, 6.45) is 3.93. The van der Waals surface area contributed by atoms with Crippen LogP contribution in [-0.4, -0.2) is 38.3 Å². The molecule has 0 spiro atoms. The molecule has 224 valence electrons. The van der Waals surface area contributed by atoms with Gasteiger partial charge in [0.15, 0.2) is 42.3 Å². The van der Waals surface area contributed by atoms with Gasteiger partial charge in [0.2, 0.25) is 0 Å². The molecule has 0 radical (unpaired) electrons. The lowest BCUT2D eigenvalue weighted by Crippen LogP contribution is -2.26. The molecule has 3 atom stereocenters. The fourth-order valence-electron chi connectivity index (χ4n) is 4.85. The van der Waals surface area contributed by atoms with Crippen LogP contribution >= 0.6 is 40.6 Å². The van der Waals surface area contributed by atoms with Crippen LogP contribution in [0.3, 0.4) is 0 Å². The molecule has 3 heterocycles. The van der Waals surface area contributed by atoms with Crippen molar-refractivity contribution in [3.63, 3.8) is 0 Å². The Morgan fingerprint density at radius 1 is 1.05 bits per heavy atom. The van der Waals surface area contributed by atoms with Crippen LogP contribution < -0.4 is 3.71 Å². The highest BCUT2D eigenvalue weighted by Gasteiger charge is 2.30. The van der Waals surface area contributed by atoms with Crippen molar-refractivity contribution in [2.45, 2.75) is 58.5 Å². The second-order valence-corrected chi connectivity index (χ2v) is 11.8. The van der Waals surface area contributed by atoms with Gasteiger partial charge in [-0.1, -0.05) is 56.7 Å². The van der Waals surface area contributed by atoms with E-state index in [1.165, 1.54) is 4.52 Å². The molecule has 7 nitrogen and oxygen atoms in total. The summed E-state index contributed by atoms with van der Waals surface area (Å²) in [6.45, 7) is 5.43. The van der Waals surface area contributed by atoms with Crippen LogP contribution in [0.5, 0.6) is 0 Å². The van der Waals surface area contributed by atoms with E-state index >= 15 is 0 Å². The number of anilines is 1. The largest absolute Gasteiger partial charge is 0.464 e. The highest BCUT2D eigenvalue weighted by molar-refractivity contribution is 9.10. The standard InChI is InChI=1S/C29H31BrF3N5O2S2/c1-4-9-20(13-12-18(3)25(31)29(39)40-5-2)26-24(30)28(38(41-32)42-33)37-27(36-26)22(17-35-37)21-14-15-23(34-16-21)19-10-7-6-8-11-19/h6-8,10-11,14-18,20,25H,4-5,9,12-13H2,1-3H3. The van der Waals surface area contributed by atoms with Gasteiger partial charge in [-0.25, -0.2) is 14.2 Å². The quantitative estimate of drug-likeness (QED) is 0.0963. The van der Waals surface area contributed by atoms with Gasteiger partial charge in [-0.2, -0.15) is 13.3 Å². The fraction of sp³-hybridized carbons (Fsp3) is 0.379. The van der Waals surface area contributed by atoms with Crippen molar-refractivity contribution in [2.75, 3.05) is 10.3 Å². The second-order valence-electron chi connectivity index (χ2n) is 9.82. The maximum atomic E-state index is 14.7. The zero-order chi connectivity index (χ0) is 30.2. The van der Waals surface area contributed by atoms with Crippen molar-refractivity contribution in [3.05, 3.63) is 65.0 Å². The summed E-state index contributed by atoms with van der Waals surface area (Å²) >= 11 is 2.97. The van der Waals surface area contributed by atoms with Gasteiger partial charge in [0, 0.05) is 28.8 Å². The number of pyridine rings is 1. The summed E-state index contributed by atoms with van der Waals surface area (Å²) < 4.78 is 50.0. The summed E-state index contributed by atoms with van der Waals surface area (Å²) in [7, 11) is 0. The topological polar surface area (TPSA) is 72.6 Å². The van der Waals surface area contributed by atoms with Crippen LogP contribution in [-0.2, 0) is 9.53 Å². The maximum Gasteiger partial charge on any atom is 0.340 e. The van der Waals surface area contributed by atoms with E-state index in [1.54, 1.807) is 26.2 Å². The van der Waals surface area contributed by atoms with Gasteiger partial charge >= 0.3 is 5.97 Å². The molecule has 0 aliphatic carbocycles. The number of alkyl halides is 1. The lowest BCUT2D eigenvalue weighted by atomic mass is 9.89. The number of esters is 1. The normalized spacial score (nSPS) is 13.6. The molecule has 1 aromatic carbocycles. The molecule has 4 rings (SSSR count). The molecule has 0 fully saturated rings. The van der Waals surface area contributed by atoms with Gasteiger partial charge in [-0.05, 0) is 54.1 Å². The van der Waals surface area contributed by atoms with Gasteiger partial charge in [-0.15, -0.1) is 7.77 Å². The van der Waals surface area contributed by atoms with E-state index in [1.807, 2.05) is 49.4 Å². The first-order chi connectivity index (χ1) is 20.3. The number of hydrogen-bond donors (Lipinski definition) is 0. The lowest BCUT2D eigenvalue weighted by molar-refractivity contribution is -0.151. The highest BCUT2D eigenvalue weighted by atomic mass is 79.9. The van der Waals surface area contributed by atoms with Crippen LogP contribution in [0.15, 0.2) is 59.3 Å². The van der Waals surface area contributed by atoms with E-state index in [-0.39, 0.29) is 43.0 Å². The molecule has 3 aromatic heterocycles. The number of hydrogen-bond acceptors (Lipinski definition) is 8. The Morgan fingerprint density at radius 2 is 1.79 bits per heavy atom. The number of nitrogens with zero attached hydrogens (tertiary/aromatic N) is 5. The smallest absolute Gasteiger partial charge is 0.340 e. The summed E-state index contributed by atoms with van der Waals surface area (Å²) in [5, 5.41) is 4.43. The van der Waals surface area contributed by atoms with Gasteiger partial charge in [-0.3, -0.25) is 4.98 Å². The average Bonchev–Trinajstić information content (AvgIpc) is 3.44. The van der Waals surface area contributed by atoms with E-state index < -0.39 is 18.1 Å². The Morgan fingerprint density at radius 3 is 2.40 bits per heavy atom. The van der Waals surface area contributed by atoms with Gasteiger partial charge < -0.3 is 4.74 Å². The average molecular weight is 683 g/mol. The highest BCUT2D eigenvalue weighted by Crippen LogP contribution is 2.43. The van der Waals surface area contributed by atoms with Gasteiger partial charge in [0.05, 0.1) is 28.7 Å². The van der Waals surface area contributed by atoms with Gasteiger partial charge in [0.1, 0.15) is 0 Å².